The molecule has 2 aromatic rings. The summed E-state index contributed by atoms with van der Waals surface area (Å²) in [5, 5.41) is 0. The fraction of sp³-hybridized carbons (Fsp3) is 0.474. The number of rotatable bonds is 4. The van der Waals surface area contributed by atoms with Gasteiger partial charge in [-0.05, 0) is 38.5 Å². The Labute approximate surface area is 151 Å². The zero-order valence-electron chi connectivity index (χ0n) is 14.5. The molecule has 4 heterocycles. The van der Waals surface area contributed by atoms with Gasteiger partial charge in [0.15, 0.2) is 5.76 Å². The minimum atomic E-state index is 0.00190. The summed E-state index contributed by atoms with van der Waals surface area (Å²) in [7, 11) is 0. The minimum absolute atomic E-state index is 0.00190. The van der Waals surface area contributed by atoms with E-state index in [2.05, 4.69) is 4.98 Å². The van der Waals surface area contributed by atoms with E-state index in [0.717, 1.165) is 42.2 Å². The number of nitrogens with zero attached hydrogens (tertiary/aromatic N) is 2. The van der Waals surface area contributed by atoms with Crippen molar-refractivity contribution in [2.45, 2.75) is 37.7 Å². The van der Waals surface area contributed by atoms with E-state index in [1.807, 2.05) is 54.8 Å². The Hall–Kier alpha value is -1.79. The number of hydrogen-bond acceptors (Lipinski definition) is 5. The highest BCUT2D eigenvalue weighted by molar-refractivity contribution is 8.01. The van der Waals surface area contributed by atoms with E-state index in [1.165, 1.54) is 0 Å². The van der Waals surface area contributed by atoms with Crippen LogP contribution in [0.25, 0.3) is 0 Å². The number of aryl methyl sites for hydroxylation is 2. The van der Waals surface area contributed by atoms with Crippen molar-refractivity contribution in [3.63, 3.8) is 0 Å². The molecule has 2 aliphatic heterocycles. The number of aromatic nitrogens is 1. The van der Waals surface area contributed by atoms with Crippen LogP contribution in [0, 0.1) is 13.8 Å². The van der Waals surface area contributed by atoms with Gasteiger partial charge in [-0.1, -0.05) is 6.07 Å². The number of likely N-dealkylation sites (tertiary alicyclic amines) is 1. The number of amides is 1. The zero-order valence-corrected chi connectivity index (χ0v) is 15.3. The topological polar surface area (TPSA) is 55.6 Å². The standard InChI is InChI=1S/C19H22N2O3S/c1-13-6-7-23-17(13)18(22)21-11-19(12-21)8-16(10-25-19)24-9-15-5-3-4-14(2)20-15/h3-7,16H,8-12H2,1-2H3/t16-/m1/s1. The normalized spacial score (nSPS) is 21.5. The van der Waals surface area contributed by atoms with Gasteiger partial charge in [0.2, 0.25) is 0 Å². The van der Waals surface area contributed by atoms with Crippen LogP contribution in [0.2, 0.25) is 0 Å². The van der Waals surface area contributed by atoms with Crippen LogP contribution >= 0.6 is 11.8 Å². The molecule has 0 aliphatic carbocycles. The summed E-state index contributed by atoms with van der Waals surface area (Å²) in [6.07, 6.45) is 2.80. The van der Waals surface area contributed by atoms with E-state index in [4.69, 9.17) is 9.15 Å². The van der Waals surface area contributed by atoms with Crippen molar-refractivity contribution < 1.29 is 13.9 Å². The summed E-state index contributed by atoms with van der Waals surface area (Å²) in [4.78, 5) is 18.8. The van der Waals surface area contributed by atoms with E-state index in [9.17, 15) is 4.79 Å². The number of carbonyl (C=O) groups is 1. The van der Waals surface area contributed by atoms with E-state index in [1.54, 1.807) is 6.26 Å². The molecule has 4 rings (SSSR count). The van der Waals surface area contributed by atoms with Gasteiger partial charge in [-0.15, -0.1) is 11.8 Å². The average Bonchev–Trinajstić information content (AvgIpc) is 3.17. The van der Waals surface area contributed by atoms with Crippen LogP contribution in [-0.2, 0) is 11.3 Å². The molecular weight excluding hydrogens is 336 g/mol. The van der Waals surface area contributed by atoms with Gasteiger partial charge >= 0.3 is 0 Å². The number of furan rings is 1. The summed E-state index contributed by atoms with van der Waals surface area (Å²) < 4.78 is 11.5. The van der Waals surface area contributed by atoms with Crippen molar-refractivity contribution in [1.29, 1.82) is 0 Å². The maximum atomic E-state index is 12.5. The van der Waals surface area contributed by atoms with Crippen LogP contribution < -0.4 is 0 Å². The lowest BCUT2D eigenvalue weighted by Gasteiger charge is -2.47. The average molecular weight is 358 g/mol. The first-order chi connectivity index (χ1) is 12.0. The Morgan fingerprint density at radius 3 is 2.96 bits per heavy atom. The van der Waals surface area contributed by atoms with Crippen molar-refractivity contribution >= 4 is 17.7 Å². The van der Waals surface area contributed by atoms with Crippen LogP contribution in [0.4, 0.5) is 0 Å². The smallest absolute Gasteiger partial charge is 0.289 e. The molecule has 2 saturated heterocycles. The maximum absolute atomic E-state index is 12.5. The predicted molar refractivity (Wildman–Crippen MR) is 96.7 cm³/mol. The summed E-state index contributed by atoms with van der Waals surface area (Å²) in [5.74, 6) is 1.45. The van der Waals surface area contributed by atoms with Gasteiger partial charge in [0.1, 0.15) is 0 Å². The molecular formula is C19H22N2O3S. The van der Waals surface area contributed by atoms with Gasteiger partial charge in [-0.3, -0.25) is 9.78 Å². The van der Waals surface area contributed by atoms with Gasteiger partial charge in [-0.2, -0.15) is 0 Å². The van der Waals surface area contributed by atoms with Crippen molar-refractivity contribution in [3.8, 4) is 0 Å². The molecule has 0 bridgehead atoms. The van der Waals surface area contributed by atoms with Crippen LogP contribution in [0.15, 0.2) is 34.9 Å². The van der Waals surface area contributed by atoms with Crippen LogP contribution in [0.1, 0.15) is 33.9 Å². The van der Waals surface area contributed by atoms with Gasteiger partial charge in [-0.25, -0.2) is 0 Å². The Morgan fingerprint density at radius 1 is 1.40 bits per heavy atom. The van der Waals surface area contributed by atoms with E-state index >= 15 is 0 Å². The van der Waals surface area contributed by atoms with Crippen LogP contribution in [0.5, 0.6) is 0 Å². The highest BCUT2D eigenvalue weighted by atomic mass is 32.2. The van der Waals surface area contributed by atoms with Crippen molar-refractivity contribution in [2.24, 2.45) is 0 Å². The SMILES string of the molecule is Cc1cccc(CO[C@H]2CSC3(C2)CN(C(=O)c2occc2C)C3)n1. The number of thioether (sulfide) groups is 1. The second-order valence-electron chi connectivity index (χ2n) is 7.00. The Morgan fingerprint density at radius 2 is 2.24 bits per heavy atom. The number of ether oxygens (including phenoxy) is 1. The Balaban J connectivity index is 1.29. The first kappa shape index (κ1) is 16.7. The molecule has 1 atom stereocenters. The number of carbonyl (C=O) groups excluding carboxylic acids is 1. The van der Waals surface area contributed by atoms with Crippen LogP contribution in [0.3, 0.4) is 0 Å². The van der Waals surface area contributed by atoms with Crippen molar-refractivity contribution in [2.75, 3.05) is 18.8 Å². The molecule has 25 heavy (non-hydrogen) atoms. The second kappa shape index (κ2) is 6.50. The third-order valence-corrected chi connectivity index (χ3v) is 6.47. The molecule has 132 valence electrons. The third kappa shape index (κ3) is 3.33. The molecule has 0 unspecified atom stereocenters. The molecule has 2 aliphatic rings. The fourth-order valence-electron chi connectivity index (χ4n) is 3.54. The molecule has 1 amide bonds. The van der Waals surface area contributed by atoms with Gasteiger partial charge < -0.3 is 14.1 Å². The largest absolute Gasteiger partial charge is 0.459 e. The molecule has 0 N–H and O–H groups in total. The summed E-state index contributed by atoms with van der Waals surface area (Å²) in [6.45, 7) is 6.00. The first-order valence-electron chi connectivity index (χ1n) is 8.56. The summed E-state index contributed by atoms with van der Waals surface area (Å²) in [6, 6.07) is 7.83. The predicted octanol–water partition coefficient (Wildman–Crippen LogP) is 3.21. The monoisotopic (exact) mass is 358 g/mol. The molecule has 6 heteroatoms. The highest BCUT2D eigenvalue weighted by Crippen LogP contribution is 2.46. The molecule has 2 fully saturated rings. The third-order valence-electron chi connectivity index (χ3n) is 4.89. The lowest BCUT2D eigenvalue weighted by molar-refractivity contribution is 0.0233. The fourth-order valence-corrected chi connectivity index (χ4v) is 5.09. The zero-order chi connectivity index (χ0) is 17.4. The van der Waals surface area contributed by atoms with Gasteiger partial charge in [0.05, 0.1) is 29.4 Å². The molecule has 2 aromatic heterocycles. The van der Waals surface area contributed by atoms with Crippen molar-refractivity contribution in [1.82, 2.24) is 9.88 Å². The number of hydrogen-bond donors (Lipinski definition) is 0. The summed E-state index contributed by atoms with van der Waals surface area (Å²) >= 11 is 1.93. The lowest BCUT2D eigenvalue weighted by atomic mass is 9.92. The summed E-state index contributed by atoms with van der Waals surface area (Å²) in [5.41, 5.74) is 2.89. The van der Waals surface area contributed by atoms with Crippen molar-refractivity contribution in [3.05, 3.63) is 53.2 Å². The molecule has 0 radical (unpaired) electrons. The molecule has 5 nitrogen and oxygen atoms in total. The maximum Gasteiger partial charge on any atom is 0.289 e. The highest BCUT2D eigenvalue weighted by Gasteiger charge is 2.51. The molecule has 0 aromatic carbocycles. The van der Waals surface area contributed by atoms with Gasteiger partial charge in [0, 0.05) is 30.1 Å². The van der Waals surface area contributed by atoms with Crippen LogP contribution in [-0.4, -0.2) is 45.5 Å². The second-order valence-corrected chi connectivity index (χ2v) is 8.48. The molecule has 1 spiro atoms. The lowest BCUT2D eigenvalue weighted by Crippen LogP contribution is -2.60. The van der Waals surface area contributed by atoms with E-state index in [0.29, 0.717) is 12.4 Å². The quantitative estimate of drug-likeness (QED) is 0.840. The van der Waals surface area contributed by atoms with E-state index < -0.39 is 0 Å². The van der Waals surface area contributed by atoms with Gasteiger partial charge in [0.25, 0.3) is 5.91 Å². The Bertz CT molecular complexity index is 782. The first-order valence-corrected chi connectivity index (χ1v) is 9.55. The molecule has 0 saturated carbocycles. The Kier molecular flexibility index (Phi) is 4.33. The van der Waals surface area contributed by atoms with E-state index in [-0.39, 0.29) is 16.8 Å². The minimum Gasteiger partial charge on any atom is -0.459 e. The number of pyridine rings is 1.